The molecule has 9 heteroatoms. The first-order valence-corrected chi connectivity index (χ1v) is 10.6. The van der Waals surface area contributed by atoms with Crippen LogP contribution in [0.4, 0.5) is 0 Å². The third-order valence-electron chi connectivity index (χ3n) is 5.04. The van der Waals surface area contributed by atoms with Crippen LogP contribution < -0.4 is 29.2 Å². The molecule has 0 radical (unpaired) electrons. The van der Waals surface area contributed by atoms with Gasteiger partial charge in [0.1, 0.15) is 0 Å². The fourth-order valence-electron chi connectivity index (χ4n) is 3.28. The first-order valence-electron chi connectivity index (χ1n) is 10.6. The van der Waals surface area contributed by atoms with Gasteiger partial charge in [-0.05, 0) is 61.2 Å². The van der Waals surface area contributed by atoms with Gasteiger partial charge in [-0.3, -0.25) is 14.8 Å². The highest BCUT2D eigenvalue weighted by molar-refractivity contribution is 6.11. The minimum Gasteiger partial charge on any atom is -0.493 e. The second-order valence-corrected chi connectivity index (χ2v) is 7.32. The summed E-state index contributed by atoms with van der Waals surface area (Å²) in [6, 6.07) is 8.59. The van der Waals surface area contributed by atoms with Crippen molar-refractivity contribution in [3.05, 3.63) is 47.0 Å². The predicted octanol–water partition coefficient (Wildman–Crippen LogP) is 4.06. The van der Waals surface area contributed by atoms with Crippen molar-refractivity contribution in [3.8, 4) is 28.7 Å². The second kappa shape index (κ2) is 13.1. The van der Waals surface area contributed by atoms with Gasteiger partial charge in [-0.15, -0.1) is 0 Å². The number of ketones is 1. The van der Waals surface area contributed by atoms with E-state index in [0.717, 1.165) is 5.56 Å². The molecule has 0 heterocycles. The van der Waals surface area contributed by atoms with Crippen molar-refractivity contribution in [2.45, 2.75) is 26.2 Å². The van der Waals surface area contributed by atoms with Gasteiger partial charge in [-0.25, -0.2) is 5.48 Å². The summed E-state index contributed by atoms with van der Waals surface area (Å²) in [6.45, 7) is 2.09. The number of unbranched alkanes of at least 4 members (excludes halogenated alkanes) is 1. The van der Waals surface area contributed by atoms with Crippen molar-refractivity contribution < 1.29 is 38.5 Å². The summed E-state index contributed by atoms with van der Waals surface area (Å²) in [6.07, 6.45) is 3.15. The standard InChI is InChI=1S/C25H31NO8/c1-16(24(28)18-14-21(31-3)25(33-5)22(15-18)32-4)12-17-9-10-19(30-2)20(13-17)34-11-7-6-8-23(27)26-29/h9-10,12-15,29H,6-8,11H2,1-5H3,(H,26,27)/b16-12+. The lowest BCUT2D eigenvalue weighted by Crippen LogP contribution is -2.18. The fourth-order valence-corrected chi connectivity index (χ4v) is 3.28. The number of carbonyl (C=O) groups excluding carboxylic acids is 2. The molecule has 0 fully saturated rings. The first-order chi connectivity index (χ1) is 16.4. The number of hydroxylamine groups is 1. The zero-order chi connectivity index (χ0) is 25.1. The van der Waals surface area contributed by atoms with E-state index in [9.17, 15) is 9.59 Å². The molecule has 0 atom stereocenters. The summed E-state index contributed by atoms with van der Waals surface area (Å²) < 4.78 is 27.2. The Morgan fingerprint density at radius 1 is 0.882 bits per heavy atom. The Labute approximate surface area is 199 Å². The Kier molecular flexibility index (Phi) is 10.2. The predicted molar refractivity (Wildman–Crippen MR) is 126 cm³/mol. The minimum absolute atomic E-state index is 0.195. The molecule has 0 saturated heterocycles. The Bertz CT molecular complexity index is 1010. The van der Waals surface area contributed by atoms with Crippen molar-refractivity contribution >= 4 is 17.8 Å². The number of allylic oxidation sites excluding steroid dienone is 1. The maximum atomic E-state index is 13.1. The molecule has 0 aliphatic heterocycles. The lowest BCUT2D eigenvalue weighted by molar-refractivity contribution is -0.129. The van der Waals surface area contributed by atoms with Gasteiger partial charge >= 0.3 is 0 Å². The van der Waals surface area contributed by atoms with Crippen LogP contribution >= 0.6 is 0 Å². The maximum absolute atomic E-state index is 13.1. The third-order valence-corrected chi connectivity index (χ3v) is 5.04. The van der Waals surface area contributed by atoms with Crippen LogP contribution in [0.15, 0.2) is 35.9 Å². The molecule has 34 heavy (non-hydrogen) atoms. The van der Waals surface area contributed by atoms with Crippen molar-refractivity contribution in [1.82, 2.24) is 5.48 Å². The van der Waals surface area contributed by atoms with Gasteiger partial charge in [0.2, 0.25) is 11.7 Å². The SMILES string of the molecule is COc1ccc(/C=C(\C)C(=O)c2cc(OC)c(OC)c(OC)c2)cc1OCCCCC(=O)NO. The first kappa shape index (κ1) is 26.5. The highest BCUT2D eigenvalue weighted by atomic mass is 16.5. The lowest BCUT2D eigenvalue weighted by atomic mass is 10.0. The molecule has 0 aromatic heterocycles. The highest BCUT2D eigenvalue weighted by Crippen LogP contribution is 2.39. The van der Waals surface area contributed by atoms with Crippen LogP contribution in [0, 0.1) is 0 Å². The number of Topliss-reactive ketones (excluding diaryl/α,β-unsaturated/α-hetero) is 1. The quantitative estimate of drug-likeness (QED) is 0.147. The van der Waals surface area contributed by atoms with E-state index < -0.39 is 5.91 Å². The Morgan fingerprint density at radius 2 is 1.53 bits per heavy atom. The number of methoxy groups -OCH3 is 4. The molecule has 2 aromatic rings. The molecule has 2 aromatic carbocycles. The number of carbonyl (C=O) groups is 2. The maximum Gasteiger partial charge on any atom is 0.243 e. The zero-order valence-corrected chi connectivity index (χ0v) is 20.1. The minimum atomic E-state index is -0.433. The van der Waals surface area contributed by atoms with Crippen molar-refractivity contribution in [3.63, 3.8) is 0 Å². The molecule has 0 aliphatic rings. The summed E-state index contributed by atoms with van der Waals surface area (Å²) in [5, 5.41) is 8.53. The van der Waals surface area contributed by atoms with E-state index in [1.165, 1.54) is 21.3 Å². The van der Waals surface area contributed by atoms with E-state index in [0.29, 0.717) is 59.3 Å². The van der Waals surface area contributed by atoms with E-state index >= 15 is 0 Å². The molecule has 9 nitrogen and oxygen atoms in total. The number of amides is 1. The van der Waals surface area contributed by atoms with Gasteiger partial charge in [0, 0.05) is 12.0 Å². The summed E-state index contributed by atoms with van der Waals surface area (Å²) >= 11 is 0. The summed E-state index contributed by atoms with van der Waals surface area (Å²) in [5.41, 5.74) is 3.26. The van der Waals surface area contributed by atoms with Gasteiger partial charge in [0.05, 0.1) is 35.0 Å². The number of hydrogen-bond donors (Lipinski definition) is 2. The molecule has 2 N–H and O–H groups in total. The molecular formula is C25H31NO8. The van der Waals surface area contributed by atoms with Crippen LogP contribution in [0.5, 0.6) is 28.7 Å². The van der Waals surface area contributed by atoms with Crippen molar-refractivity contribution in [1.29, 1.82) is 0 Å². The largest absolute Gasteiger partial charge is 0.493 e. The molecule has 184 valence electrons. The van der Waals surface area contributed by atoms with E-state index in [4.69, 9.17) is 28.9 Å². The molecular weight excluding hydrogens is 442 g/mol. The van der Waals surface area contributed by atoms with Crippen LogP contribution in [-0.4, -0.2) is 51.9 Å². The Morgan fingerprint density at radius 3 is 2.09 bits per heavy atom. The molecule has 0 bridgehead atoms. The molecule has 0 unspecified atom stereocenters. The average molecular weight is 474 g/mol. The number of benzene rings is 2. The number of nitrogens with one attached hydrogen (secondary N) is 1. The number of ether oxygens (including phenoxy) is 5. The normalized spacial score (nSPS) is 10.9. The van der Waals surface area contributed by atoms with Gasteiger partial charge in [-0.2, -0.15) is 0 Å². The zero-order valence-electron chi connectivity index (χ0n) is 20.1. The van der Waals surface area contributed by atoms with Crippen molar-refractivity contribution in [2.75, 3.05) is 35.0 Å². The van der Waals surface area contributed by atoms with Crippen LogP contribution in [0.1, 0.15) is 42.1 Å². The molecule has 0 aliphatic carbocycles. The van der Waals surface area contributed by atoms with Crippen LogP contribution in [0.2, 0.25) is 0 Å². The highest BCUT2D eigenvalue weighted by Gasteiger charge is 2.18. The average Bonchev–Trinajstić information content (AvgIpc) is 2.86. The summed E-state index contributed by atoms with van der Waals surface area (Å²) in [4.78, 5) is 24.2. The van der Waals surface area contributed by atoms with Crippen LogP contribution in [-0.2, 0) is 4.79 Å². The van der Waals surface area contributed by atoms with Gasteiger partial charge in [0.15, 0.2) is 28.8 Å². The Hall–Kier alpha value is -3.72. The summed E-state index contributed by atoms with van der Waals surface area (Å²) in [7, 11) is 6.04. The second-order valence-electron chi connectivity index (χ2n) is 7.32. The van der Waals surface area contributed by atoms with E-state index in [1.54, 1.807) is 49.9 Å². The van der Waals surface area contributed by atoms with Crippen molar-refractivity contribution in [2.24, 2.45) is 0 Å². The molecule has 2 rings (SSSR count). The van der Waals surface area contributed by atoms with Gasteiger partial charge < -0.3 is 23.7 Å². The topological polar surface area (TPSA) is 113 Å². The number of hydrogen-bond acceptors (Lipinski definition) is 8. The van der Waals surface area contributed by atoms with Gasteiger partial charge in [0.25, 0.3) is 0 Å². The lowest BCUT2D eigenvalue weighted by Gasteiger charge is -2.14. The van der Waals surface area contributed by atoms with E-state index in [1.807, 2.05) is 6.07 Å². The number of rotatable bonds is 13. The molecule has 0 spiro atoms. The summed E-state index contributed by atoms with van der Waals surface area (Å²) in [5.74, 6) is 1.66. The smallest absolute Gasteiger partial charge is 0.243 e. The monoisotopic (exact) mass is 473 g/mol. The molecule has 0 saturated carbocycles. The molecule has 1 amide bonds. The van der Waals surface area contributed by atoms with Crippen LogP contribution in [0.25, 0.3) is 6.08 Å². The third kappa shape index (κ3) is 6.89. The Balaban J connectivity index is 2.20. The van der Waals surface area contributed by atoms with Crippen LogP contribution in [0.3, 0.4) is 0 Å². The fraction of sp³-hybridized carbons (Fsp3) is 0.360. The van der Waals surface area contributed by atoms with Gasteiger partial charge in [-0.1, -0.05) is 6.07 Å². The van der Waals surface area contributed by atoms with E-state index in [2.05, 4.69) is 0 Å². The van der Waals surface area contributed by atoms with E-state index in [-0.39, 0.29) is 12.2 Å².